The number of carbonyl (C=O) groups is 1. The number of fused-ring (bicyclic) bond motifs is 1. The molecule has 4 rings (SSSR count). The summed E-state index contributed by atoms with van der Waals surface area (Å²) in [5.41, 5.74) is 1.80. The minimum Gasteiger partial charge on any atom is -0.467 e. The molecule has 0 saturated heterocycles. The van der Waals surface area contributed by atoms with E-state index in [1.54, 1.807) is 65.5 Å². The van der Waals surface area contributed by atoms with E-state index in [0.717, 1.165) is 0 Å². The summed E-state index contributed by atoms with van der Waals surface area (Å²) in [7, 11) is 0. The lowest BCUT2D eigenvalue weighted by atomic mass is 9.92. The Morgan fingerprint density at radius 2 is 2.07 bits per heavy atom. The molecule has 3 heterocycles. The van der Waals surface area contributed by atoms with Crippen molar-refractivity contribution in [3.8, 4) is 0 Å². The Hall–Kier alpha value is -3.12. The van der Waals surface area contributed by atoms with Gasteiger partial charge in [-0.25, -0.2) is 9.37 Å². The Kier molecular flexibility index (Phi) is 5.12. The fraction of sp³-hybridized carbons (Fsp3) is 0.143. The number of carbonyl (C=O) groups excluding carboxylic acids is 1. The van der Waals surface area contributed by atoms with Crippen molar-refractivity contribution in [1.82, 2.24) is 14.7 Å². The molecule has 28 heavy (non-hydrogen) atoms. The number of nitrogens with zero attached hydrogens (tertiary/aromatic N) is 2. The number of amides is 1. The van der Waals surface area contributed by atoms with Crippen LogP contribution in [-0.4, -0.2) is 15.3 Å². The van der Waals surface area contributed by atoms with Gasteiger partial charge in [0, 0.05) is 24.7 Å². The highest BCUT2D eigenvalue weighted by molar-refractivity contribution is 6.30. The summed E-state index contributed by atoms with van der Waals surface area (Å²) in [6.07, 6.45) is 4.98. The number of nitrogens with one attached hydrogen (secondary N) is 1. The van der Waals surface area contributed by atoms with Crippen LogP contribution >= 0.6 is 11.6 Å². The van der Waals surface area contributed by atoms with Gasteiger partial charge in [0.2, 0.25) is 5.91 Å². The monoisotopic (exact) mass is 397 g/mol. The van der Waals surface area contributed by atoms with E-state index in [1.807, 2.05) is 0 Å². The van der Waals surface area contributed by atoms with Gasteiger partial charge in [-0.05, 0) is 35.9 Å². The fourth-order valence-electron chi connectivity index (χ4n) is 3.22. The van der Waals surface area contributed by atoms with Crippen molar-refractivity contribution in [2.75, 3.05) is 0 Å². The van der Waals surface area contributed by atoms with Crippen molar-refractivity contribution in [3.63, 3.8) is 0 Å². The first-order valence-electron chi connectivity index (χ1n) is 8.78. The maximum absolute atomic E-state index is 14.6. The highest BCUT2D eigenvalue weighted by Crippen LogP contribution is 2.31. The number of imidazole rings is 1. The Labute approximate surface area is 165 Å². The SMILES string of the molecule is O=C(CC(c1ccccc1F)c1cnc2ccc(Cl)cn12)NCc1ccco1. The zero-order valence-electron chi connectivity index (χ0n) is 14.8. The molecular weight excluding hydrogens is 381 g/mol. The van der Waals surface area contributed by atoms with Gasteiger partial charge in [0.25, 0.3) is 0 Å². The molecule has 0 aliphatic heterocycles. The van der Waals surface area contributed by atoms with Gasteiger partial charge in [0.1, 0.15) is 17.2 Å². The van der Waals surface area contributed by atoms with Gasteiger partial charge < -0.3 is 14.1 Å². The van der Waals surface area contributed by atoms with E-state index in [0.29, 0.717) is 27.7 Å². The molecule has 7 heteroatoms. The van der Waals surface area contributed by atoms with E-state index in [9.17, 15) is 9.18 Å². The van der Waals surface area contributed by atoms with Crippen molar-refractivity contribution in [2.45, 2.75) is 18.9 Å². The van der Waals surface area contributed by atoms with Crippen LogP contribution in [0.5, 0.6) is 0 Å². The Morgan fingerprint density at radius 3 is 2.86 bits per heavy atom. The molecule has 3 aromatic heterocycles. The van der Waals surface area contributed by atoms with Gasteiger partial charge in [-0.1, -0.05) is 29.8 Å². The van der Waals surface area contributed by atoms with Gasteiger partial charge in [-0.3, -0.25) is 4.79 Å². The van der Waals surface area contributed by atoms with Gasteiger partial charge in [-0.2, -0.15) is 0 Å². The molecule has 0 radical (unpaired) electrons. The quantitative estimate of drug-likeness (QED) is 0.519. The van der Waals surface area contributed by atoms with Crippen LogP contribution in [0.25, 0.3) is 5.65 Å². The number of hydrogen-bond acceptors (Lipinski definition) is 3. The normalized spacial score (nSPS) is 12.2. The smallest absolute Gasteiger partial charge is 0.221 e. The van der Waals surface area contributed by atoms with E-state index >= 15 is 0 Å². The lowest BCUT2D eigenvalue weighted by molar-refractivity contribution is -0.121. The predicted molar refractivity (Wildman–Crippen MR) is 104 cm³/mol. The molecule has 0 bridgehead atoms. The number of benzene rings is 1. The first-order chi connectivity index (χ1) is 13.6. The molecule has 1 atom stereocenters. The van der Waals surface area contributed by atoms with E-state index in [4.69, 9.17) is 16.0 Å². The molecule has 0 aliphatic carbocycles. The highest BCUT2D eigenvalue weighted by atomic mass is 35.5. The summed E-state index contributed by atoms with van der Waals surface area (Å²) in [4.78, 5) is 17.0. The highest BCUT2D eigenvalue weighted by Gasteiger charge is 2.24. The van der Waals surface area contributed by atoms with Gasteiger partial charge in [0.05, 0.1) is 23.5 Å². The molecule has 5 nitrogen and oxygen atoms in total. The van der Waals surface area contributed by atoms with Crippen LogP contribution < -0.4 is 5.32 Å². The average molecular weight is 398 g/mol. The second-order valence-corrected chi connectivity index (χ2v) is 6.83. The van der Waals surface area contributed by atoms with Gasteiger partial charge in [0.15, 0.2) is 0 Å². The van der Waals surface area contributed by atoms with Crippen LogP contribution in [-0.2, 0) is 11.3 Å². The molecule has 0 saturated carbocycles. The number of pyridine rings is 1. The minimum atomic E-state index is -0.522. The average Bonchev–Trinajstić information content (AvgIpc) is 3.35. The van der Waals surface area contributed by atoms with Gasteiger partial charge >= 0.3 is 0 Å². The molecule has 1 aromatic carbocycles. The molecule has 1 N–H and O–H groups in total. The lowest BCUT2D eigenvalue weighted by Gasteiger charge is -2.18. The van der Waals surface area contributed by atoms with Crippen LogP contribution in [0.1, 0.15) is 29.4 Å². The van der Waals surface area contributed by atoms with Crippen LogP contribution in [0.15, 0.2) is 71.6 Å². The number of hydrogen-bond donors (Lipinski definition) is 1. The third-order valence-electron chi connectivity index (χ3n) is 4.57. The minimum absolute atomic E-state index is 0.0575. The number of aromatic nitrogens is 2. The molecule has 0 fully saturated rings. The second-order valence-electron chi connectivity index (χ2n) is 6.39. The number of halogens is 2. The van der Waals surface area contributed by atoms with Crippen molar-refractivity contribution >= 4 is 23.2 Å². The van der Waals surface area contributed by atoms with Gasteiger partial charge in [-0.15, -0.1) is 0 Å². The third-order valence-corrected chi connectivity index (χ3v) is 4.79. The molecule has 1 amide bonds. The van der Waals surface area contributed by atoms with Crippen LogP contribution in [0.4, 0.5) is 4.39 Å². The van der Waals surface area contributed by atoms with E-state index in [2.05, 4.69) is 10.3 Å². The zero-order chi connectivity index (χ0) is 19.5. The first kappa shape index (κ1) is 18.3. The molecule has 1 unspecified atom stereocenters. The number of furan rings is 1. The Morgan fingerprint density at radius 1 is 1.21 bits per heavy atom. The molecule has 142 valence electrons. The Bertz CT molecular complexity index is 1110. The summed E-state index contributed by atoms with van der Waals surface area (Å²) >= 11 is 6.13. The summed E-state index contributed by atoms with van der Waals surface area (Å²) in [5, 5.41) is 3.34. The van der Waals surface area contributed by atoms with E-state index in [-0.39, 0.29) is 24.7 Å². The Balaban J connectivity index is 1.67. The van der Waals surface area contributed by atoms with Crippen molar-refractivity contribution < 1.29 is 13.6 Å². The maximum atomic E-state index is 14.6. The molecule has 4 aromatic rings. The van der Waals surface area contributed by atoms with Crippen molar-refractivity contribution in [2.24, 2.45) is 0 Å². The standard InChI is InChI=1S/C21H17ClFN3O2/c22-14-7-8-20-24-12-19(26(20)13-14)17(16-5-1-2-6-18(16)23)10-21(27)25-11-15-4-3-9-28-15/h1-9,12-13,17H,10-11H2,(H,25,27). The second kappa shape index (κ2) is 7.86. The van der Waals surface area contributed by atoms with E-state index in [1.165, 1.54) is 6.07 Å². The summed E-state index contributed by atoms with van der Waals surface area (Å²) in [6, 6.07) is 13.5. The van der Waals surface area contributed by atoms with Crippen molar-refractivity contribution in [3.05, 3.63) is 95.0 Å². The third kappa shape index (κ3) is 3.77. The fourth-order valence-corrected chi connectivity index (χ4v) is 3.38. The van der Waals surface area contributed by atoms with E-state index < -0.39 is 5.92 Å². The number of rotatable bonds is 6. The first-order valence-corrected chi connectivity index (χ1v) is 9.15. The maximum Gasteiger partial charge on any atom is 0.221 e. The van der Waals surface area contributed by atoms with Crippen molar-refractivity contribution in [1.29, 1.82) is 0 Å². The van der Waals surface area contributed by atoms with Crippen LogP contribution in [0, 0.1) is 5.82 Å². The summed E-state index contributed by atoms with van der Waals surface area (Å²) < 4.78 is 21.6. The summed E-state index contributed by atoms with van der Waals surface area (Å²) in [5.74, 6) is -0.464. The van der Waals surface area contributed by atoms with Crippen LogP contribution in [0.2, 0.25) is 5.02 Å². The largest absolute Gasteiger partial charge is 0.467 e. The predicted octanol–water partition coefficient (Wildman–Crippen LogP) is 4.56. The van der Waals surface area contributed by atoms with Crippen LogP contribution in [0.3, 0.4) is 0 Å². The molecule has 0 spiro atoms. The topological polar surface area (TPSA) is 59.5 Å². The summed E-state index contributed by atoms with van der Waals surface area (Å²) in [6.45, 7) is 0.273. The molecule has 0 aliphatic rings. The molecular formula is C21H17ClFN3O2. The zero-order valence-corrected chi connectivity index (χ0v) is 15.6. The lowest BCUT2D eigenvalue weighted by Crippen LogP contribution is -2.25.